The minimum atomic E-state index is -0.651. The number of hydrogen-bond donors (Lipinski definition) is 1. The molecule has 2 aromatic heterocycles. The molecule has 21 heavy (non-hydrogen) atoms. The molecule has 0 amide bonds. The molecule has 0 atom stereocenters. The van der Waals surface area contributed by atoms with Crippen LogP contribution in [-0.2, 0) is 11.3 Å². The van der Waals surface area contributed by atoms with Gasteiger partial charge in [0.05, 0.1) is 29.8 Å². The number of rotatable bonds is 5. The minimum Gasteiger partial charge on any atom is -0.464 e. The Bertz CT molecular complexity index is 686. The molecule has 0 radical (unpaired) electrons. The quantitative estimate of drug-likeness (QED) is 0.512. The molecule has 0 aromatic carbocycles. The van der Waals surface area contributed by atoms with E-state index >= 15 is 0 Å². The number of carbonyl (C=O) groups is 1. The molecular formula is C12H12N4O4S. The van der Waals surface area contributed by atoms with Gasteiger partial charge in [-0.3, -0.25) is 10.1 Å². The first-order chi connectivity index (χ1) is 10.0. The van der Waals surface area contributed by atoms with Gasteiger partial charge in [0.25, 0.3) is 0 Å². The van der Waals surface area contributed by atoms with Crippen LogP contribution in [-0.4, -0.2) is 28.0 Å². The summed E-state index contributed by atoms with van der Waals surface area (Å²) in [4.78, 5) is 30.9. The van der Waals surface area contributed by atoms with Crippen molar-refractivity contribution in [1.82, 2.24) is 9.97 Å². The van der Waals surface area contributed by atoms with E-state index in [2.05, 4.69) is 20.0 Å². The van der Waals surface area contributed by atoms with Crippen LogP contribution >= 0.6 is 11.3 Å². The van der Waals surface area contributed by atoms with Gasteiger partial charge in [0.15, 0.2) is 5.69 Å². The van der Waals surface area contributed by atoms with E-state index < -0.39 is 10.9 Å². The van der Waals surface area contributed by atoms with Crippen molar-refractivity contribution in [2.75, 3.05) is 12.4 Å². The lowest BCUT2D eigenvalue weighted by Crippen LogP contribution is -2.10. The fourth-order valence-corrected chi connectivity index (χ4v) is 2.32. The van der Waals surface area contributed by atoms with Crippen LogP contribution in [0.2, 0.25) is 0 Å². The number of thiazole rings is 1. The van der Waals surface area contributed by atoms with Gasteiger partial charge >= 0.3 is 11.7 Å². The molecule has 0 saturated heterocycles. The number of methoxy groups -OCH3 is 1. The van der Waals surface area contributed by atoms with Gasteiger partial charge in [-0.05, 0) is 13.0 Å². The van der Waals surface area contributed by atoms with Crippen LogP contribution in [0.15, 0.2) is 17.6 Å². The average molecular weight is 308 g/mol. The lowest BCUT2D eigenvalue weighted by atomic mass is 10.3. The highest BCUT2D eigenvalue weighted by atomic mass is 32.1. The number of nitro groups is 1. The number of aryl methyl sites for hydroxylation is 1. The second-order valence-corrected chi connectivity index (χ2v) is 4.97. The van der Waals surface area contributed by atoms with Crippen molar-refractivity contribution in [3.63, 3.8) is 0 Å². The maximum absolute atomic E-state index is 11.4. The Balaban J connectivity index is 2.28. The van der Waals surface area contributed by atoms with Crippen molar-refractivity contribution in [3.05, 3.63) is 44.0 Å². The first-order valence-corrected chi connectivity index (χ1v) is 6.77. The van der Waals surface area contributed by atoms with Gasteiger partial charge in [-0.25, -0.2) is 14.8 Å². The zero-order valence-corrected chi connectivity index (χ0v) is 12.1. The third-order valence-corrected chi connectivity index (χ3v) is 3.66. The summed E-state index contributed by atoms with van der Waals surface area (Å²) >= 11 is 1.44. The SMILES string of the molecule is COC(=O)c1ccc([N+](=O)[O-])c(NCc2scnc2C)n1. The van der Waals surface area contributed by atoms with Gasteiger partial charge < -0.3 is 10.1 Å². The Hall–Kier alpha value is -2.55. The Kier molecular flexibility index (Phi) is 4.43. The van der Waals surface area contributed by atoms with Gasteiger partial charge in [-0.2, -0.15) is 0 Å². The lowest BCUT2D eigenvalue weighted by molar-refractivity contribution is -0.384. The number of nitrogens with zero attached hydrogens (tertiary/aromatic N) is 3. The minimum absolute atomic E-state index is 0.00614. The van der Waals surface area contributed by atoms with Gasteiger partial charge in [0, 0.05) is 10.9 Å². The molecule has 0 aliphatic heterocycles. The standard InChI is InChI=1S/C12H12N4O4S/c1-7-10(21-6-14-7)5-13-11-9(16(18)19)4-3-8(15-11)12(17)20-2/h3-4,6H,5H2,1-2H3,(H,13,15). The van der Waals surface area contributed by atoms with Crippen molar-refractivity contribution >= 4 is 28.8 Å². The highest BCUT2D eigenvalue weighted by molar-refractivity contribution is 7.09. The zero-order valence-electron chi connectivity index (χ0n) is 11.3. The molecule has 0 aliphatic rings. The monoisotopic (exact) mass is 308 g/mol. The largest absolute Gasteiger partial charge is 0.464 e. The molecule has 8 nitrogen and oxygen atoms in total. The number of esters is 1. The molecule has 0 bridgehead atoms. The molecular weight excluding hydrogens is 296 g/mol. The van der Waals surface area contributed by atoms with E-state index in [0.29, 0.717) is 6.54 Å². The van der Waals surface area contributed by atoms with Crippen molar-refractivity contribution in [2.45, 2.75) is 13.5 Å². The second-order valence-electron chi connectivity index (χ2n) is 4.03. The van der Waals surface area contributed by atoms with E-state index in [9.17, 15) is 14.9 Å². The number of aromatic nitrogens is 2. The van der Waals surface area contributed by atoms with Crippen LogP contribution in [0.3, 0.4) is 0 Å². The molecule has 9 heteroatoms. The van der Waals surface area contributed by atoms with Gasteiger partial charge in [-0.1, -0.05) is 0 Å². The van der Waals surface area contributed by atoms with Crippen LogP contribution in [0.1, 0.15) is 21.1 Å². The lowest BCUT2D eigenvalue weighted by Gasteiger charge is -2.07. The molecule has 1 N–H and O–H groups in total. The number of carbonyl (C=O) groups excluding carboxylic acids is 1. The van der Waals surface area contributed by atoms with Crippen LogP contribution < -0.4 is 5.32 Å². The summed E-state index contributed by atoms with van der Waals surface area (Å²) in [5.41, 5.74) is 2.34. The van der Waals surface area contributed by atoms with Gasteiger partial charge in [0.2, 0.25) is 5.82 Å². The predicted octanol–water partition coefficient (Wildman–Crippen LogP) is 2.15. The van der Waals surface area contributed by atoms with Crippen LogP contribution in [0.25, 0.3) is 0 Å². The van der Waals surface area contributed by atoms with E-state index in [1.54, 1.807) is 5.51 Å². The highest BCUT2D eigenvalue weighted by Crippen LogP contribution is 2.24. The summed E-state index contributed by atoms with van der Waals surface area (Å²) < 4.78 is 4.55. The van der Waals surface area contributed by atoms with E-state index in [4.69, 9.17) is 0 Å². The van der Waals surface area contributed by atoms with E-state index in [1.165, 1.54) is 30.6 Å². The summed E-state index contributed by atoms with van der Waals surface area (Å²) in [5, 5.41) is 13.9. The summed E-state index contributed by atoms with van der Waals surface area (Å²) in [5.74, 6) is -0.627. The van der Waals surface area contributed by atoms with Crippen LogP contribution in [0, 0.1) is 17.0 Å². The molecule has 2 aromatic rings. The van der Waals surface area contributed by atoms with Crippen LogP contribution in [0.4, 0.5) is 11.5 Å². The summed E-state index contributed by atoms with van der Waals surface area (Å²) in [7, 11) is 1.22. The summed E-state index contributed by atoms with van der Waals surface area (Å²) in [6.45, 7) is 2.19. The van der Waals surface area contributed by atoms with Crippen molar-refractivity contribution in [2.24, 2.45) is 0 Å². The maximum Gasteiger partial charge on any atom is 0.356 e. The smallest absolute Gasteiger partial charge is 0.356 e. The number of pyridine rings is 1. The first-order valence-electron chi connectivity index (χ1n) is 5.89. The van der Waals surface area contributed by atoms with Crippen molar-refractivity contribution in [3.8, 4) is 0 Å². The molecule has 2 heterocycles. The van der Waals surface area contributed by atoms with Gasteiger partial charge in [0.1, 0.15) is 0 Å². The number of anilines is 1. The molecule has 2 rings (SSSR count). The molecule has 0 fully saturated rings. The summed E-state index contributed by atoms with van der Waals surface area (Å²) in [6.07, 6.45) is 0. The highest BCUT2D eigenvalue weighted by Gasteiger charge is 2.19. The van der Waals surface area contributed by atoms with Crippen molar-refractivity contribution in [1.29, 1.82) is 0 Å². The Morgan fingerprint density at radius 1 is 1.52 bits per heavy atom. The number of ether oxygens (including phenoxy) is 1. The molecule has 110 valence electrons. The fraction of sp³-hybridized carbons (Fsp3) is 0.250. The second kappa shape index (κ2) is 6.27. The molecule has 0 unspecified atom stereocenters. The number of hydrogen-bond acceptors (Lipinski definition) is 8. The number of nitrogens with one attached hydrogen (secondary N) is 1. The van der Waals surface area contributed by atoms with Crippen molar-refractivity contribution < 1.29 is 14.5 Å². The normalized spacial score (nSPS) is 10.2. The van der Waals surface area contributed by atoms with Gasteiger partial charge in [-0.15, -0.1) is 11.3 Å². The zero-order chi connectivity index (χ0) is 15.4. The predicted molar refractivity (Wildman–Crippen MR) is 76.4 cm³/mol. The third kappa shape index (κ3) is 3.31. The van der Waals surface area contributed by atoms with E-state index in [0.717, 1.165) is 10.6 Å². The Morgan fingerprint density at radius 3 is 2.86 bits per heavy atom. The van der Waals surface area contributed by atoms with Crippen LogP contribution in [0.5, 0.6) is 0 Å². The molecule has 0 saturated carbocycles. The Morgan fingerprint density at radius 2 is 2.29 bits per heavy atom. The third-order valence-electron chi connectivity index (χ3n) is 2.73. The topological polar surface area (TPSA) is 107 Å². The molecule has 0 aliphatic carbocycles. The maximum atomic E-state index is 11.4. The fourth-order valence-electron chi connectivity index (χ4n) is 1.61. The first kappa shape index (κ1) is 14.9. The molecule has 0 spiro atoms. The summed E-state index contributed by atoms with van der Waals surface area (Å²) in [6, 6.07) is 2.48. The average Bonchev–Trinajstić information content (AvgIpc) is 2.89. The Labute approximate surface area is 124 Å². The van der Waals surface area contributed by atoms with E-state index in [-0.39, 0.29) is 17.2 Å². The van der Waals surface area contributed by atoms with E-state index in [1.807, 2.05) is 6.92 Å².